The van der Waals surface area contributed by atoms with Crippen molar-refractivity contribution in [3.8, 4) is 0 Å². The van der Waals surface area contributed by atoms with E-state index in [9.17, 15) is 4.79 Å². The molecule has 0 spiro atoms. The van der Waals surface area contributed by atoms with Gasteiger partial charge in [-0.1, -0.05) is 0 Å². The van der Waals surface area contributed by atoms with E-state index in [4.69, 9.17) is 10.5 Å². The van der Waals surface area contributed by atoms with Gasteiger partial charge in [0.1, 0.15) is 0 Å². The van der Waals surface area contributed by atoms with E-state index in [1.165, 1.54) is 0 Å². The minimum Gasteiger partial charge on any atom is -0.385 e. The van der Waals surface area contributed by atoms with Crippen molar-refractivity contribution in [3.05, 3.63) is 30.1 Å². The molecule has 1 fully saturated rings. The summed E-state index contributed by atoms with van der Waals surface area (Å²) >= 11 is 0. The van der Waals surface area contributed by atoms with Crippen molar-refractivity contribution in [3.63, 3.8) is 0 Å². The number of hydrogen-bond donors (Lipinski definition) is 1. The lowest BCUT2D eigenvalue weighted by Gasteiger charge is -2.25. The molecule has 1 heterocycles. The monoisotopic (exact) mass is 263 g/mol. The molecule has 1 aromatic heterocycles. The summed E-state index contributed by atoms with van der Waals surface area (Å²) in [7, 11) is 1.62. The van der Waals surface area contributed by atoms with Crippen LogP contribution in [0, 0.1) is 0 Å². The second-order valence-corrected chi connectivity index (χ2v) is 4.94. The van der Waals surface area contributed by atoms with Crippen LogP contribution in [0.3, 0.4) is 0 Å². The van der Waals surface area contributed by atoms with E-state index >= 15 is 0 Å². The summed E-state index contributed by atoms with van der Waals surface area (Å²) in [5.41, 5.74) is 7.03. The van der Waals surface area contributed by atoms with Crippen LogP contribution in [-0.4, -0.2) is 41.6 Å². The molecular weight excluding hydrogens is 242 g/mol. The van der Waals surface area contributed by atoms with Gasteiger partial charge in [-0.05, 0) is 37.0 Å². The highest BCUT2D eigenvalue weighted by Crippen LogP contribution is 2.29. The summed E-state index contributed by atoms with van der Waals surface area (Å²) in [5.74, 6) is 0.0244. The number of nitrogens with two attached hydrogens (primary N) is 1. The summed E-state index contributed by atoms with van der Waals surface area (Å²) in [6.07, 6.45) is 6.21. The molecule has 1 aromatic rings. The van der Waals surface area contributed by atoms with E-state index in [1.54, 1.807) is 19.5 Å². The lowest BCUT2D eigenvalue weighted by atomic mass is 10.1. The fourth-order valence-electron chi connectivity index (χ4n) is 2.04. The summed E-state index contributed by atoms with van der Waals surface area (Å²) in [5, 5.41) is 0. The Hall–Kier alpha value is -1.46. The van der Waals surface area contributed by atoms with Crippen molar-refractivity contribution in [2.45, 2.75) is 37.9 Å². The van der Waals surface area contributed by atoms with Gasteiger partial charge < -0.3 is 15.4 Å². The molecule has 0 aliphatic heterocycles. The van der Waals surface area contributed by atoms with Gasteiger partial charge >= 0.3 is 0 Å². The molecule has 1 atom stereocenters. The topological polar surface area (TPSA) is 68.5 Å². The van der Waals surface area contributed by atoms with Crippen molar-refractivity contribution in [1.82, 2.24) is 9.88 Å². The smallest absolute Gasteiger partial charge is 0.240 e. The van der Waals surface area contributed by atoms with Crippen LogP contribution in [0.4, 0.5) is 0 Å². The number of carbonyl (C=O) groups is 1. The number of pyridine rings is 1. The first-order valence-electron chi connectivity index (χ1n) is 6.66. The zero-order valence-electron chi connectivity index (χ0n) is 11.3. The third kappa shape index (κ3) is 4.01. The summed E-state index contributed by atoms with van der Waals surface area (Å²) in [6.45, 7) is 1.13. The van der Waals surface area contributed by atoms with E-state index in [1.807, 2.05) is 17.0 Å². The molecule has 2 N–H and O–H groups in total. The van der Waals surface area contributed by atoms with Crippen molar-refractivity contribution in [2.24, 2.45) is 5.73 Å². The molecule has 19 heavy (non-hydrogen) atoms. The molecule has 1 saturated carbocycles. The second-order valence-electron chi connectivity index (χ2n) is 4.94. The standard InChI is InChI=1S/C14H21N3O2/c1-19-9-6-13(15)14(18)17(12-2-3-12)10-11-4-7-16-8-5-11/h4-5,7-8,12-13H,2-3,6,9-10,15H2,1H3. The van der Waals surface area contributed by atoms with E-state index < -0.39 is 6.04 Å². The van der Waals surface area contributed by atoms with Gasteiger partial charge in [0.2, 0.25) is 5.91 Å². The summed E-state index contributed by atoms with van der Waals surface area (Å²) in [6, 6.07) is 3.75. The van der Waals surface area contributed by atoms with Crippen LogP contribution in [0.15, 0.2) is 24.5 Å². The van der Waals surface area contributed by atoms with Crippen LogP contribution < -0.4 is 5.73 Å². The zero-order chi connectivity index (χ0) is 13.7. The first-order chi connectivity index (χ1) is 9.22. The molecule has 1 aliphatic rings. The molecule has 0 bridgehead atoms. The minimum absolute atomic E-state index is 0.0244. The molecule has 5 nitrogen and oxygen atoms in total. The predicted molar refractivity (Wildman–Crippen MR) is 72.3 cm³/mol. The lowest BCUT2D eigenvalue weighted by Crippen LogP contribution is -2.45. The Morgan fingerprint density at radius 2 is 2.21 bits per heavy atom. The lowest BCUT2D eigenvalue weighted by molar-refractivity contribution is -0.134. The second kappa shape index (κ2) is 6.63. The highest BCUT2D eigenvalue weighted by atomic mass is 16.5. The number of aromatic nitrogens is 1. The van der Waals surface area contributed by atoms with Gasteiger partial charge in [0.25, 0.3) is 0 Å². The van der Waals surface area contributed by atoms with Crippen molar-refractivity contribution >= 4 is 5.91 Å². The average molecular weight is 263 g/mol. The van der Waals surface area contributed by atoms with Crippen LogP contribution in [0.5, 0.6) is 0 Å². The van der Waals surface area contributed by atoms with E-state index in [0.29, 0.717) is 25.6 Å². The number of amides is 1. The Balaban J connectivity index is 1.97. The number of nitrogens with zero attached hydrogens (tertiary/aromatic N) is 2. The summed E-state index contributed by atoms with van der Waals surface area (Å²) in [4.78, 5) is 18.3. The van der Waals surface area contributed by atoms with Gasteiger partial charge in [0.05, 0.1) is 6.04 Å². The molecular formula is C14H21N3O2. The molecule has 1 aliphatic carbocycles. The Labute approximate surface area is 113 Å². The quantitative estimate of drug-likeness (QED) is 0.795. The van der Waals surface area contributed by atoms with Gasteiger partial charge in [0, 0.05) is 38.7 Å². The number of methoxy groups -OCH3 is 1. The van der Waals surface area contributed by atoms with Gasteiger partial charge in [-0.2, -0.15) is 0 Å². The van der Waals surface area contributed by atoms with E-state index in [0.717, 1.165) is 18.4 Å². The molecule has 0 radical (unpaired) electrons. The van der Waals surface area contributed by atoms with Gasteiger partial charge in [-0.25, -0.2) is 0 Å². The van der Waals surface area contributed by atoms with Crippen molar-refractivity contribution in [2.75, 3.05) is 13.7 Å². The predicted octanol–water partition coefficient (Wildman–Crippen LogP) is 0.936. The average Bonchev–Trinajstić information content (AvgIpc) is 3.27. The first kappa shape index (κ1) is 14.0. The van der Waals surface area contributed by atoms with Crippen molar-refractivity contribution in [1.29, 1.82) is 0 Å². The zero-order valence-corrected chi connectivity index (χ0v) is 11.3. The maximum Gasteiger partial charge on any atom is 0.240 e. The molecule has 0 aromatic carbocycles. The number of rotatable bonds is 7. The van der Waals surface area contributed by atoms with Crippen LogP contribution in [0.1, 0.15) is 24.8 Å². The summed E-state index contributed by atoms with van der Waals surface area (Å²) < 4.78 is 4.98. The molecule has 1 unspecified atom stereocenters. The number of ether oxygens (including phenoxy) is 1. The third-order valence-corrected chi connectivity index (χ3v) is 3.32. The number of carbonyl (C=O) groups excluding carboxylic acids is 1. The van der Waals surface area contributed by atoms with Crippen molar-refractivity contribution < 1.29 is 9.53 Å². The van der Waals surface area contributed by atoms with Crippen LogP contribution in [0.25, 0.3) is 0 Å². The van der Waals surface area contributed by atoms with Crippen LogP contribution in [-0.2, 0) is 16.1 Å². The molecule has 104 valence electrons. The van der Waals surface area contributed by atoms with E-state index in [2.05, 4.69) is 4.98 Å². The fourth-order valence-corrected chi connectivity index (χ4v) is 2.04. The first-order valence-corrected chi connectivity index (χ1v) is 6.66. The highest BCUT2D eigenvalue weighted by molar-refractivity contribution is 5.82. The molecule has 1 amide bonds. The minimum atomic E-state index is -0.470. The Bertz CT molecular complexity index is 406. The number of hydrogen-bond acceptors (Lipinski definition) is 4. The molecule has 5 heteroatoms. The third-order valence-electron chi connectivity index (χ3n) is 3.32. The molecule has 2 rings (SSSR count). The normalized spacial score (nSPS) is 16.1. The SMILES string of the molecule is COCCC(N)C(=O)N(Cc1ccncc1)C1CC1. The van der Waals surface area contributed by atoms with Gasteiger partial charge in [0.15, 0.2) is 0 Å². The Morgan fingerprint density at radius 1 is 1.53 bits per heavy atom. The van der Waals surface area contributed by atoms with Gasteiger partial charge in [-0.3, -0.25) is 9.78 Å². The highest BCUT2D eigenvalue weighted by Gasteiger charge is 2.34. The van der Waals surface area contributed by atoms with Crippen LogP contribution in [0.2, 0.25) is 0 Å². The van der Waals surface area contributed by atoms with E-state index in [-0.39, 0.29) is 5.91 Å². The largest absolute Gasteiger partial charge is 0.385 e. The molecule has 0 saturated heterocycles. The van der Waals surface area contributed by atoms with Crippen LogP contribution >= 0.6 is 0 Å². The van der Waals surface area contributed by atoms with Gasteiger partial charge in [-0.15, -0.1) is 0 Å². The maximum absolute atomic E-state index is 12.4. The maximum atomic E-state index is 12.4. The fraction of sp³-hybridized carbons (Fsp3) is 0.571. The Morgan fingerprint density at radius 3 is 2.79 bits per heavy atom. The Kier molecular flexibility index (Phi) is 4.87.